The van der Waals surface area contributed by atoms with E-state index in [4.69, 9.17) is 0 Å². The lowest BCUT2D eigenvalue weighted by Gasteiger charge is -2.37. The van der Waals surface area contributed by atoms with Crippen molar-refractivity contribution in [2.75, 3.05) is 13.6 Å². The first-order valence-corrected chi connectivity index (χ1v) is 11.1. The molecule has 2 amide bonds. The zero-order valence-corrected chi connectivity index (χ0v) is 18.3. The van der Waals surface area contributed by atoms with Gasteiger partial charge < -0.3 is 9.80 Å². The molecule has 0 N–H and O–H groups in total. The van der Waals surface area contributed by atoms with Crippen molar-refractivity contribution in [3.05, 3.63) is 47.3 Å². The van der Waals surface area contributed by atoms with E-state index < -0.39 is 0 Å². The number of rotatable bonds is 5. The van der Waals surface area contributed by atoms with E-state index in [1.165, 1.54) is 12.8 Å². The van der Waals surface area contributed by atoms with Gasteiger partial charge >= 0.3 is 0 Å². The third-order valence-electron chi connectivity index (χ3n) is 6.52. The molecule has 4 rings (SSSR count). The van der Waals surface area contributed by atoms with E-state index in [-0.39, 0.29) is 17.7 Å². The number of nitrogens with zero attached hydrogens (tertiary/aromatic N) is 4. The topological polar surface area (TPSA) is 58.4 Å². The predicted molar refractivity (Wildman–Crippen MR) is 116 cm³/mol. The highest BCUT2D eigenvalue weighted by atomic mass is 16.2. The molecule has 1 atom stereocenters. The van der Waals surface area contributed by atoms with Crippen LogP contribution in [0.4, 0.5) is 0 Å². The van der Waals surface area contributed by atoms with E-state index >= 15 is 0 Å². The van der Waals surface area contributed by atoms with E-state index in [2.05, 4.69) is 17.2 Å². The van der Waals surface area contributed by atoms with Crippen molar-refractivity contribution < 1.29 is 9.59 Å². The van der Waals surface area contributed by atoms with Crippen LogP contribution in [0.3, 0.4) is 0 Å². The van der Waals surface area contributed by atoms with Crippen LogP contribution in [0.2, 0.25) is 0 Å². The smallest absolute Gasteiger partial charge is 0.227 e. The van der Waals surface area contributed by atoms with Crippen molar-refractivity contribution in [3.63, 3.8) is 0 Å². The Balaban J connectivity index is 1.43. The summed E-state index contributed by atoms with van der Waals surface area (Å²) in [5.74, 6) is 0.278. The molecule has 1 aliphatic heterocycles. The van der Waals surface area contributed by atoms with Gasteiger partial charge in [-0.3, -0.25) is 9.59 Å². The summed E-state index contributed by atoms with van der Waals surface area (Å²) in [6.07, 6.45) is 5.71. The molecule has 2 fully saturated rings. The van der Waals surface area contributed by atoms with E-state index in [1.54, 1.807) is 0 Å². The van der Waals surface area contributed by atoms with Crippen molar-refractivity contribution in [3.8, 4) is 5.69 Å². The van der Waals surface area contributed by atoms with Gasteiger partial charge in [0.1, 0.15) is 0 Å². The Morgan fingerprint density at radius 3 is 2.63 bits per heavy atom. The van der Waals surface area contributed by atoms with Gasteiger partial charge in [-0.2, -0.15) is 5.10 Å². The van der Waals surface area contributed by atoms with Gasteiger partial charge in [0.15, 0.2) is 0 Å². The summed E-state index contributed by atoms with van der Waals surface area (Å²) >= 11 is 0. The number of carbonyl (C=O) groups is 2. The minimum Gasteiger partial charge on any atom is -0.341 e. The normalized spacial score (nSPS) is 20.0. The Morgan fingerprint density at radius 1 is 1.17 bits per heavy atom. The third kappa shape index (κ3) is 4.27. The molecular weight excluding hydrogens is 376 g/mol. The maximum Gasteiger partial charge on any atom is 0.227 e. The summed E-state index contributed by atoms with van der Waals surface area (Å²) < 4.78 is 1.94. The molecule has 1 saturated heterocycles. The number of benzene rings is 1. The number of hydrogen-bond donors (Lipinski definition) is 0. The number of aromatic nitrogens is 2. The molecule has 0 bridgehead atoms. The molecule has 160 valence electrons. The van der Waals surface area contributed by atoms with Crippen molar-refractivity contribution in [2.24, 2.45) is 5.92 Å². The number of likely N-dealkylation sites (tertiary alicyclic amines) is 1. The van der Waals surface area contributed by atoms with Gasteiger partial charge in [0.2, 0.25) is 11.8 Å². The summed E-state index contributed by atoms with van der Waals surface area (Å²) in [5, 5.41) is 4.56. The first-order valence-electron chi connectivity index (χ1n) is 11.1. The highest BCUT2D eigenvalue weighted by Crippen LogP contribution is 2.29. The molecule has 2 heterocycles. The van der Waals surface area contributed by atoms with Crippen molar-refractivity contribution in [2.45, 2.75) is 65.0 Å². The summed E-state index contributed by atoms with van der Waals surface area (Å²) in [7, 11) is 1.87. The molecule has 6 nitrogen and oxygen atoms in total. The zero-order chi connectivity index (χ0) is 21.3. The fourth-order valence-corrected chi connectivity index (χ4v) is 4.98. The maximum atomic E-state index is 13.2. The molecule has 2 aliphatic rings. The molecule has 1 aliphatic carbocycles. The van der Waals surface area contributed by atoms with Gasteiger partial charge in [-0.15, -0.1) is 0 Å². The van der Waals surface area contributed by atoms with Crippen LogP contribution in [-0.2, 0) is 16.1 Å². The molecule has 6 heteroatoms. The van der Waals surface area contributed by atoms with Crippen LogP contribution < -0.4 is 0 Å². The molecule has 2 aromatic rings. The van der Waals surface area contributed by atoms with Crippen molar-refractivity contribution in [1.29, 1.82) is 0 Å². The SMILES string of the molecule is Cc1cc(C)n(-c2cccc(CN(C)C(=O)[C@@H]3CCC(=O)N(C4CCCC4)C3)c2)n1. The zero-order valence-electron chi connectivity index (χ0n) is 18.3. The Kier molecular flexibility index (Phi) is 5.93. The van der Waals surface area contributed by atoms with Gasteiger partial charge in [-0.1, -0.05) is 25.0 Å². The van der Waals surface area contributed by atoms with Crippen LogP contribution in [0.25, 0.3) is 5.69 Å². The fourth-order valence-electron chi connectivity index (χ4n) is 4.98. The van der Waals surface area contributed by atoms with E-state index in [9.17, 15) is 9.59 Å². The average molecular weight is 409 g/mol. The average Bonchev–Trinajstić information content (AvgIpc) is 3.37. The van der Waals surface area contributed by atoms with E-state index in [0.29, 0.717) is 32.0 Å². The molecule has 1 saturated carbocycles. The van der Waals surface area contributed by atoms with E-state index in [0.717, 1.165) is 35.5 Å². The fraction of sp³-hybridized carbons (Fsp3) is 0.542. The summed E-state index contributed by atoms with van der Waals surface area (Å²) in [6, 6.07) is 10.6. The molecule has 30 heavy (non-hydrogen) atoms. The van der Waals surface area contributed by atoms with Gasteiger partial charge in [-0.05, 0) is 56.9 Å². The molecule has 1 aromatic carbocycles. The first-order chi connectivity index (χ1) is 14.4. The lowest BCUT2D eigenvalue weighted by molar-refractivity contribution is -0.144. The summed E-state index contributed by atoms with van der Waals surface area (Å²) in [6.45, 7) is 5.17. The van der Waals surface area contributed by atoms with Gasteiger partial charge in [0.25, 0.3) is 0 Å². The lowest BCUT2D eigenvalue weighted by Crippen LogP contribution is -2.49. The maximum absolute atomic E-state index is 13.2. The standard InChI is InChI=1S/C24H32N4O2/c1-17-13-18(2)28(25-17)22-10-6-7-19(14-22)15-26(3)24(30)20-11-12-23(29)27(16-20)21-8-4-5-9-21/h6-7,10,13-14,20-21H,4-5,8-9,11-12,15-16H2,1-3H3/t20-/m1/s1. The molecule has 0 radical (unpaired) electrons. The Morgan fingerprint density at radius 2 is 1.93 bits per heavy atom. The highest BCUT2D eigenvalue weighted by Gasteiger charge is 2.36. The largest absolute Gasteiger partial charge is 0.341 e. The van der Waals surface area contributed by atoms with Crippen LogP contribution in [0.1, 0.15) is 55.5 Å². The quantitative estimate of drug-likeness (QED) is 0.759. The Labute approximate surface area is 178 Å². The van der Waals surface area contributed by atoms with Crippen molar-refractivity contribution in [1.82, 2.24) is 19.6 Å². The Hall–Kier alpha value is -2.63. The predicted octanol–water partition coefficient (Wildman–Crippen LogP) is 3.63. The second kappa shape index (κ2) is 8.62. The van der Waals surface area contributed by atoms with Gasteiger partial charge in [0.05, 0.1) is 17.3 Å². The number of carbonyl (C=O) groups excluding carboxylic acids is 2. The first kappa shape index (κ1) is 20.6. The second-order valence-corrected chi connectivity index (χ2v) is 8.92. The minimum absolute atomic E-state index is 0.0903. The highest BCUT2D eigenvalue weighted by molar-refractivity contribution is 5.84. The van der Waals surface area contributed by atoms with Crippen molar-refractivity contribution >= 4 is 11.8 Å². The van der Waals surface area contributed by atoms with Crippen LogP contribution in [0, 0.1) is 19.8 Å². The third-order valence-corrected chi connectivity index (χ3v) is 6.52. The lowest BCUT2D eigenvalue weighted by atomic mass is 9.94. The van der Waals surface area contributed by atoms with Crippen LogP contribution >= 0.6 is 0 Å². The minimum atomic E-state index is -0.0903. The van der Waals surface area contributed by atoms with Crippen LogP contribution in [0.5, 0.6) is 0 Å². The Bertz CT molecular complexity index is 929. The monoisotopic (exact) mass is 408 g/mol. The van der Waals surface area contributed by atoms with Gasteiger partial charge in [-0.25, -0.2) is 4.68 Å². The number of piperidine rings is 1. The number of aryl methyl sites for hydroxylation is 2. The van der Waals surface area contributed by atoms with Gasteiger partial charge in [0, 0.05) is 38.3 Å². The second-order valence-electron chi connectivity index (χ2n) is 8.92. The summed E-state index contributed by atoms with van der Waals surface area (Å²) in [5.41, 5.74) is 4.17. The summed E-state index contributed by atoms with van der Waals surface area (Å²) in [4.78, 5) is 29.4. The number of hydrogen-bond acceptors (Lipinski definition) is 3. The molecule has 0 spiro atoms. The number of amides is 2. The van der Waals surface area contributed by atoms with Crippen LogP contribution in [0.15, 0.2) is 30.3 Å². The molecular formula is C24H32N4O2. The van der Waals surface area contributed by atoms with Crippen LogP contribution in [-0.4, -0.2) is 51.0 Å². The van der Waals surface area contributed by atoms with E-state index in [1.807, 2.05) is 53.6 Å². The molecule has 1 aromatic heterocycles. The molecule has 0 unspecified atom stereocenters.